The van der Waals surface area contributed by atoms with Gasteiger partial charge in [-0.3, -0.25) is 0 Å². The number of thiophene rings is 2. The van der Waals surface area contributed by atoms with Crippen molar-refractivity contribution in [2.24, 2.45) is 0 Å². The van der Waals surface area contributed by atoms with Gasteiger partial charge in [-0.15, -0.1) is 45.3 Å². The second kappa shape index (κ2) is 7.11. The summed E-state index contributed by atoms with van der Waals surface area (Å²) in [5, 5.41) is 5.98. The number of aromatic nitrogens is 2. The summed E-state index contributed by atoms with van der Waals surface area (Å²) in [6, 6.07) is 3.99. The molecular formula is C18H16N2O2S4. The molecule has 0 saturated heterocycles. The molecule has 0 unspecified atom stereocenters. The van der Waals surface area contributed by atoms with Crippen LogP contribution in [-0.2, 0) is 0 Å². The van der Waals surface area contributed by atoms with E-state index in [-0.39, 0.29) is 0 Å². The molecule has 0 spiro atoms. The summed E-state index contributed by atoms with van der Waals surface area (Å²) < 4.78 is 10.9. The summed E-state index contributed by atoms with van der Waals surface area (Å²) >= 11 is 6.69. The molecule has 4 aromatic heterocycles. The minimum atomic E-state index is 0.896. The van der Waals surface area contributed by atoms with Gasteiger partial charge in [0.05, 0.1) is 45.1 Å². The molecule has 0 aliphatic rings. The zero-order chi connectivity index (χ0) is 18.3. The van der Waals surface area contributed by atoms with Crippen molar-refractivity contribution < 1.29 is 9.47 Å². The van der Waals surface area contributed by atoms with Crippen molar-refractivity contribution in [3.63, 3.8) is 0 Å². The summed E-state index contributed by atoms with van der Waals surface area (Å²) in [5.41, 5.74) is 2.02. The normalized spacial score (nSPS) is 11.1. The molecule has 0 atom stereocenters. The van der Waals surface area contributed by atoms with Gasteiger partial charge < -0.3 is 9.47 Å². The monoisotopic (exact) mass is 420 g/mol. The molecular weight excluding hydrogens is 404 g/mol. The number of aryl methyl sites for hydroxylation is 2. The Bertz CT molecular complexity index is 973. The van der Waals surface area contributed by atoms with E-state index in [0.29, 0.717) is 0 Å². The van der Waals surface area contributed by atoms with Crippen LogP contribution in [0.2, 0.25) is 0 Å². The van der Waals surface area contributed by atoms with Crippen LogP contribution in [-0.4, -0.2) is 24.2 Å². The van der Waals surface area contributed by atoms with E-state index in [9.17, 15) is 0 Å². The van der Waals surface area contributed by atoms with Crippen LogP contribution in [0, 0.1) is 13.8 Å². The quantitative estimate of drug-likeness (QED) is 0.377. The van der Waals surface area contributed by atoms with Crippen molar-refractivity contribution in [3.8, 4) is 41.0 Å². The molecule has 0 aromatic carbocycles. The fraction of sp³-hybridized carbons (Fsp3) is 0.222. The minimum Gasteiger partial charge on any atom is -0.495 e. The Balaban J connectivity index is 1.76. The molecule has 0 aliphatic carbocycles. The summed E-state index contributed by atoms with van der Waals surface area (Å²) in [6.45, 7) is 4.08. The number of nitrogens with zero attached hydrogens (tertiary/aromatic N) is 2. The lowest BCUT2D eigenvalue weighted by molar-refractivity contribution is 0.418. The van der Waals surface area contributed by atoms with Crippen LogP contribution in [0.1, 0.15) is 11.4 Å². The minimum absolute atomic E-state index is 0.896. The van der Waals surface area contributed by atoms with E-state index in [2.05, 4.69) is 0 Å². The molecule has 0 saturated carbocycles. The average Bonchev–Trinajstić information content (AvgIpc) is 3.39. The maximum Gasteiger partial charge on any atom is 0.153 e. The molecule has 26 heavy (non-hydrogen) atoms. The van der Waals surface area contributed by atoms with Crippen molar-refractivity contribution in [2.45, 2.75) is 13.8 Å². The van der Waals surface area contributed by atoms with Gasteiger partial charge in [-0.05, 0) is 36.7 Å². The molecule has 134 valence electrons. The maximum atomic E-state index is 5.47. The lowest BCUT2D eigenvalue weighted by atomic mass is 10.3. The predicted octanol–water partition coefficient (Wildman–Crippen LogP) is 6.36. The van der Waals surface area contributed by atoms with Crippen molar-refractivity contribution >= 4 is 45.3 Å². The smallest absolute Gasteiger partial charge is 0.153 e. The number of rotatable bonds is 5. The van der Waals surface area contributed by atoms with E-state index < -0.39 is 0 Å². The molecule has 4 rings (SSSR count). The Kier molecular flexibility index (Phi) is 4.83. The maximum absolute atomic E-state index is 5.47. The van der Waals surface area contributed by atoms with E-state index in [1.165, 1.54) is 0 Å². The largest absolute Gasteiger partial charge is 0.495 e. The van der Waals surface area contributed by atoms with Gasteiger partial charge in [-0.1, -0.05) is 0 Å². The SMILES string of the molecule is COc1ccsc1-c1sc(-c2nc(C)c(-c3sccc3OC)s2)nc1C. The van der Waals surface area contributed by atoms with Crippen LogP contribution < -0.4 is 9.47 Å². The van der Waals surface area contributed by atoms with Gasteiger partial charge in [-0.25, -0.2) is 9.97 Å². The van der Waals surface area contributed by atoms with Crippen LogP contribution >= 0.6 is 45.3 Å². The van der Waals surface area contributed by atoms with Crippen LogP contribution in [0.3, 0.4) is 0 Å². The summed E-state index contributed by atoms with van der Waals surface area (Å²) in [4.78, 5) is 14.1. The zero-order valence-corrected chi connectivity index (χ0v) is 17.9. The lowest BCUT2D eigenvalue weighted by Gasteiger charge is -1.99. The second-order valence-electron chi connectivity index (χ2n) is 5.50. The molecule has 0 bridgehead atoms. The van der Waals surface area contributed by atoms with E-state index in [1.807, 2.05) is 36.7 Å². The highest BCUT2D eigenvalue weighted by atomic mass is 32.1. The number of thiazole rings is 2. The van der Waals surface area contributed by atoms with Gasteiger partial charge >= 0.3 is 0 Å². The van der Waals surface area contributed by atoms with Gasteiger partial charge in [0.25, 0.3) is 0 Å². The Hall–Kier alpha value is -1.74. The zero-order valence-electron chi connectivity index (χ0n) is 14.7. The lowest BCUT2D eigenvalue weighted by Crippen LogP contribution is -1.82. The third kappa shape index (κ3) is 2.96. The van der Waals surface area contributed by atoms with Gasteiger partial charge in [-0.2, -0.15) is 0 Å². The molecule has 0 radical (unpaired) electrons. The highest BCUT2D eigenvalue weighted by Gasteiger charge is 2.21. The Morgan fingerprint density at radius 2 is 1.12 bits per heavy atom. The van der Waals surface area contributed by atoms with Crippen LogP contribution in [0.4, 0.5) is 0 Å². The predicted molar refractivity (Wildman–Crippen MR) is 112 cm³/mol. The third-order valence-corrected chi connectivity index (χ3v) is 8.46. The molecule has 0 N–H and O–H groups in total. The first-order valence-electron chi connectivity index (χ1n) is 7.81. The number of hydrogen-bond donors (Lipinski definition) is 0. The van der Waals surface area contributed by atoms with Gasteiger partial charge in [0.2, 0.25) is 0 Å². The Morgan fingerprint density at radius 3 is 1.50 bits per heavy atom. The average molecular weight is 421 g/mol. The topological polar surface area (TPSA) is 44.2 Å². The molecule has 0 fully saturated rings. The molecule has 4 aromatic rings. The summed E-state index contributed by atoms with van der Waals surface area (Å²) in [5.74, 6) is 1.79. The standard InChI is InChI=1S/C18H16N2O2S4/c1-9-13(15-11(21-3)5-7-23-15)25-17(19-9)18-20-10(2)14(26-18)16-12(22-4)6-8-24-16/h5-8H,1-4H3. The molecule has 0 aliphatic heterocycles. The summed E-state index contributed by atoms with van der Waals surface area (Å²) in [7, 11) is 3.40. The summed E-state index contributed by atoms with van der Waals surface area (Å²) in [6.07, 6.45) is 0. The van der Waals surface area contributed by atoms with Crippen LogP contribution in [0.5, 0.6) is 11.5 Å². The van der Waals surface area contributed by atoms with Gasteiger partial charge in [0.1, 0.15) is 11.5 Å². The second-order valence-corrected chi connectivity index (χ2v) is 9.33. The van der Waals surface area contributed by atoms with Crippen molar-refractivity contribution in [2.75, 3.05) is 14.2 Å². The highest BCUT2D eigenvalue weighted by molar-refractivity contribution is 7.28. The van der Waals surface area contributed by atoms with E-state index in [1.54, 1.807) is 59.6 Å². The van der Waals surface area contributed by atoms with Crippen molar-refractivity contribution in [1.82, 2.24) is 9.97 Å². The van der Waals surface area contributed by atoms with E-state index in [0.717, 1.165) is 52.4 Å². The fourth-order valence-electron chi connectivity index (χ4n) is 2.64. The Morgan fingerprint density at radius 1 is 0.692 bits per heavy atom. The van der Waals surface area contributed by atoms with Crippen molar-refractivity contribution in [3.05, 3.63) is 34.3 Å². The van der Waals surface area contributed by atoms with Gasteiger partial charge in [0, 0.05) is 0 Å². The molecule has 4 heterocycles. The van der Waals surface area contributed by atoms with Gasteiger partial charge in [0.15, 0.2) is 10.0 Å². The number of ether oxygens (including phenoxy) is 2. The van der Waals surface area contributed by atoms with Crippen LogP contribution in [0.25, 0.3) is 29.5 Å². The molecule has 4 nitrogen and oxygen atoms in total. The van der Waals surface area contributed by atoms with E-state index >= 15 is 0 Å². The number of hydrogen-bond acceptors (Lipinski definition) is 8. The highest BCUT2D eigenvalue weighted by Crippen LogP contribution is 2.46. The first-order valence-corrected chi connectivity index (χ1v) is 11.2. The molecule has 8 heteroatoms. The Labute approximate surface area is 167 Å². The van der Waals surface area contributed by atoms with Crippen LogP contribution in [0.15, 0.2) is 22.9 Å². The fourth-order valence-corrected chi connectivity index (χ4v) is 6.92. The molecule has 0 amide bonds. The first-order chi connectivity index (χ1) is 12.6. The van der Waals surface area contributed by atoms with Crippen molar-refractivity contribution in [1.29, 1.82) is 0 Å². The third-order valence-electron chi connectivity index (χ3n) is 3.89. The van der Waals surface area contributed by atoms with E-state index in [4.69, 9.17) is 19.4 Å². The number of methoxy groups -OCH3 is 2. The first kappa shape index (κ1) is 17.7.